The van der Waals surface area contributed by atoms with Crippen molar-refractivity contribution >= 4 is 22.9 Å². The first-order valence-electron chi connectivity index (χ1n) is 8.28. The van der Waals surface area contributed by atoms with E-state index in [-0.39, 0.29) is 24.6 Å². The van der Waals surface area contributed by atoms with Gasteiger partial charge in [0.2, 0.25) is 5.91 Å². The van der Waals surface area contributed by atoms with E-state index in [1.165, 1.54) is 0 Å². The van der Waals surface area contributed by atoms with Crippen LogP contribution in [0.1, 0.15) is 36.9 Å². The summed E-state index contributed by atoms with van der Waals surface area (Å²) in [5, 5.41) is 18.1. The molecule has 1 amide bonds. The monoisotopic (exact) mass is 356 g/mol. The molecule has 2 heterocycles. The molecule has 2 aromatic heterocycles. The molecule has 0 aliphatic carbocycles. The van der Waals surface area contributed by atoms with Crippen molar-refractivity contribution in [3.63, 3.8) is 0 Å². The fourth-order valence-corrected chi connectivity index (χ4v) is 2.80. The molecule has 9 nitrogen and oxygen atoms in total. The van der Waals surface area contributed by atoms with Gasteiger partial charge >= 0.3 is 5.97 Å². The number of amides is 1. The van der Waals surface area contributed by atoms with E-state index in [2.05, 4.69) is 25.5 Å². The zero-order chi connectivity index (χ0) is 18.7. The quantitative estimate of drug-likeness (QED) is 0.587. The van der Waals surface area contributed by atoms with Crippen molar-refractivity contribution < 1.29 is 14.7 Å². The fourth-order valence-electron chi connectivity index (χ4n) is 2.80. The number of hydrogen-bond acceptors (Lipinski definition) is 5. The van der Waals surface area contributed by atoms with Gasteiger partial charge in [-0.15, -0.1) is 0 Å². The number of carboxylic acid groups (broad SMARTS) is 1. The third kappa shape index (κ3) is 3.88. The van der Waals surface area contributed by atoms with E-state index in [0.29, 0.717) is 12.4 Å². The Hall–Kier alpha value is -3.23. The summed E-state index contributed by atoms with van der Waals surface area (Å²) in [6.45, 7) is 4.19. The highest BCUT2D eigenvalue weighted by molar-refractivity contribution is 5.78. The highest BCUT2D eigenvalue weighted by Crippen LogP contribution is 2.16. The van der Waals surface area contributed by atoms with Crippen LogP contribution in [-0.2, 0) is 22.6 Å². The fraction of sp³-hybridized carbons (Fsp3) is 0.353. The first-order chi connectivity index (χ1) is 12.4. The van der Waals surface area contributed by atoms with E-state index in [4.69, 9.17) is 5.11 Å². The number of aryl methyl sites for hydroxylation is 2. The van der Waals surface area contributed by atoms with Gasteiger partial charge in [0.05, 0.1) is 17.1 Å². The molecule has 0 fully saturated rings. The van der Waals surface area contributed by atoms with E-state index < -0.39 is 12.0 Å². The Morgan fingerprint density at radius 2 is 2.08 bits per heavy atom. The molecule has 0 saturated heterocycles. The molecule has 0 saturated carbocycles. The molecule has 0 aliphatic rings. The van der Waals surface area contributed by atoms with Crippen LogP contribution in [0.3, 0.4) is 0 Å². The molecule has 3 aromatic rings. The minimum atomic E-state index is -0.993. The van der Waals surface area contributed by atoms with Gasteiger partial charge in [0.1, 0.15) is 18.1 Å². The van der Waals surface area contributed by atoms with Crippen molar-refractivity contribution in [1.29, 1.82) is 0 Å². The molecular formula is C17H20N6O3. The van der Waals surface area contributed by atoms with Crippen molar-refractivity contribution in [3.8, 4) is 0 Å². The van der Waals surface area contributed by atoms with Crippen LogP contribution in [0, 0.1) is 6.92 Å². The predicted octanol–water partition coefficient (Wildman–Crippen LogP) is 1.36. The minimum absolute atomic E-state index is 0.140. The van der Waals surface area contributed by atoms with E-state index >= 15 is 0 Å². The van der Waals surface area contributed by atoms with Gasteiger partial charge in [0, 0.05) is 13.0 Å². The highest BCUT2D eigenvalue weighted by Gasteiger charge is 2.16. The third-order valence-electron chi connectivity index (χ3n) is 4.04. The number of imidazole rings is 1. The van der Waals surface area contributed by atoms with E-state index in [1.54, 1.807) is 6.92 Å². The number of fused-ring (bicyclic) bond motifs is 1. The van der Waals surface area contributed by atoms with Gasteiger partial charge in [-0.05, 0) is 26.0 Å². The Morgan fingerprint density at radius 3 is 2.85 bits per heavy atom. The van der Waals surface area contributed by atoms with Crippen LogP contribution in [0.15, 0.2) is 24.3 Å². The molecule has 0 radical (unpaired) electrons. The summed E-state index contributed by atoms with van der Waals surface area (Å²) in [6.07, 6.45) is 0.0542. The summed E-state index contributed by atoms with van der Waals surface area (Å²) in [6, 6.07) is 7.39. The normalized spacial score (nSPS) is 12.2. The van der Waals surface area contributed by atoms with E-state index in [1.807, 2.05) is 35.8 Å². The second kappa shape index (κ2) is 7.34. The predicted molar refractivity (Wildman–Crippen MR) is 93.4 cm³/mol. The smallest absolute Gasteiger partial charge is 0.311 e. The van der Waals surface area contributed by atoms with Gasteiger partial charge in [-0.2, -0.15) is 5.10 Å². The van der Waals surface area contributed by atoms with Crippen LogP contribution >= 0.6 is 0 Å². The van der Waals surface area contributed by atoms with Crippen molar-refractivity contribution in [3.05, 3.63) is 41.7 Å². The molecule has 1 aromatic carbocycles. The maximum atomic E-state index is 12.2. The maximum absolute atomic E-state index is 12.2. The molecule has 1 unspecified atom stereocenters. The Kier molecular flexibility index (Phi) is 4.97. The van der Waals surface area contributed by atoms with Crippen molar-refractivity contribution in [2.24, 2.45) is 0 Å². The SMILES string of the molecule is Cc1nc2ccccc2n1CCC(=O)NC(C)c1n[nH]c(CC(=O)O)n1. The minimum Gasteiger partial charge on any atom is -0.481 e. The summed E-state index contributed by atoms with van der Waals surface area (Å²) >= 11 is 0. The number of rotatable bonds is 7. The number of hydrogen-bond donors (Lipinski definition) is 3. The van der Waals surface area contributed by atoms with Crippen LogP contribution in [0.4, 0.5) is 0 Å². The summed E-state index contributed by atoms with van der Waals surface area (Å²) in [4.78, 5) is 31.5. The topological polar surface area (TPSA) is 126 Å². The number of para-hydroxylation sites is 2. The van der Waals surface area contributed by atoms with Gasteiger partial charge < -0.3 is 15.0 Å². The van der Waals surface area contributed by atoms with Crippen molar-refractivity contribution in [1.82, 2.24) is 30.0 Å². The largest absolute Gasteiger partial charge is 0.481 e. The molecule has 0 aliphatic heterocycles. The zero-order valence-corrected chi connectivity index (χ0v) is 14.6. The first kappa shape index (κ1) is 17.6. The Bertz CT molecular complexity index is 945. The Labute approximate surface area is 149 Å². The Morgan fingerprint density at radius 1 is 1.31 bits per heavy atom. The molecule has 26 heavy (non-hydrogen) atoms. The molecule has 0 spiro atoms. The average molecular weight is 356 g/mol. The van der Waals surface area contributed by atoms with Gasteiger partial charge in [-0.1, -0.05) is 12.1 Å². The number of aromatic nitrogens is 5. The summed E-state index contributed by atoms with van der Waals surface area (Å²) in [7, 11) is 0. The van der Waals surface area contributed by atoms with E-state index in [9.17, 15) is 9.59 Å². The van der Waals surface area contributed by atoms with Gasteiger partial charge in [0.15, 0.2) is 5.82 Å². The summed E-state index contributed by atoms with van der Waals surface area (Å²) < 4.78 is 2.01. The lowest BCUT2D eigenvalue weighted by molar-refractivity contribution is -0.136. The third-order valence-corrected chi connectivity index (χ3v) is 4.04. The second-order valence-electron chi connectivity index (χ2n) is 6.05. The van der Waals surface area contributed by atoms with Crippen molar-refractivity contribution in [2.45, 2.75) is 39.3 Å². The molecule has 9 heteroatoms. The van der Waals surface area contributed by atoms with Gasteiger partial charge in [-0.25, -0.2) is 9.97 Å². The van der Waals surface area contributed by atoms with Gasteiger partial charge in [0.25, 0.3) is 0 Å². The maximum Gasteiger partial charge on any atom is 0.311 e. The molecule has 136 valence electrons. The number of benzene rings is 1. The number of aliphatic carboxylic acids is 1. The summed E-state index contributed by atoms with van der Waals surface area (Å²) in [5.74, 6) is 0.346. The number of nitrogens with one attached hydrogen (secondary N) is 2. The van der Waals surface area contributed by atoms with Crippen LogP contribution < -0.4 is 5.32 Å². The number of carboxylic acids is 1. The lowest BCUT2D eigenvalue weighted by Crippen LogP contribution is -2.28. The highest BCUT2D eigenvalue weighted by atomic mass is 16.4. The molecular weight excluding hydrogens is 336 g/mol. The average Bonchev–Trinajstić information content (AvgIpc) is 3.16. The second-order valence-corrected chi connectivity index (χ2v) is 6.05. The van der Waals surface area contributed by atoms with Crippen LogP contribution in [0.25, 0.3) is 11.0 Å². The molecule has 3 N–H and O–H groups in total. The summed E-state index contributed by atoms with van der Waals surface area (Å²) in [5.41, 5.74) is 1.91. The first-order valence-corrected chi connectivity index (χ1v) is 8.28. The molecule has 3 rings (SSSR count). The molecule has 1 atom stereocenters. The van der Waals surface area contributed by atoms with Gasteiger partial charge in [-0.3, -0.25) is 14.7 Å². The number of nitrogens with zero attached hydrogens (tertiary/aromatic N) is 4. The van der Waals surface area contributed by atoms with Crippen LogP contribution in [0.2, 0.25) is 0 Å². The lowest BCUT2D eigenvalue weighted by Gasteiger charge is -2.11. The van der Waals surface area contributed by atoms with E-state index in [0.717, 1.165) is 16.9 Å². The standard InChI is InChI=1S/C17H20N6O3/c1-10(17-20-14(21-22-17)9-16(25)26)18-15(24)7-8-23-11(2)19-12-5-3-4-6-13(12)23/h3-6,10H,7-9H2,1-2H3,(H,18,24)(H,25,26)(H,20,21,22). The number of aromatic amines is 1. The Balaban J connectivity index is 1.59. The van der Waals surface area contributed by atoms with Crippen LogP contribution in [0.5, 0.6) is 0 Å². The van der Waals surface area contributed by atoms with Crippen molar-refractivity contribution in [2.75, 3.05) is 0 Å². The number of H-pyrrole nitrogens is 1. The lowest BCUT2D eigenvalue weighted by atomic mass is 10.2. The molecule has 0 bridgehead atoms. The zero-order valence-electron chi connectivity index (χ0n) is 14.6. The van der Waals surface area contributed by atoms with Crippen LogP contribution in [-0.4, -0.2) is 41.7 Å². The number of carbonyl (C=O) groups is 2. The number of carbonyl (C=O) groups excluding carboxylic acids is 1.